The van der Waals surface area contributed by atoms with Crippen LogP contribution in [-0.2, 0) is 42.8 Å². The quantitative estimate of drug-likeness (QED) is 0.124. The Kier molecular flexibility index (Phi) is 24.7. The average Bonchev–Trinajstić information content (AvgIpc) is 3.59. The molecule has 6 rings (SSSR count). The van der Waals surface area contributed by atoms with Crippen LogP contribution in [0.3, 0.4) is 0 Å². The molecule has 0 saturated carbocycles. The number of hydrogen-bond donors (Lipinski definition) is 6. The van der Waals surface area contributed by atoms with E-state index in [4.69, 9.17) is 43.1 Å². The highest BCUT2D eigenvalue weighted by Crippen LogP contribution is 2.41. The predicted octanol–water partition coefficient (Wildman–Crippen LogP) is 4.61. The van der Waals surface area contributed by atoms with Gasteiger partial charge in [0, 0.05) is 52.9 Å². The van der Waals surface area contributed by atoms with Crippen molar-refractivity contribution in [1.82, 2.24) is 5.48 Å². The molecule has 0 aromatic heterocycles. The van der Waals surface area contributed by atoms with Crippen LogP contribution in [0.25, 0.3) is 0 Å². The van der Waals surface area contributed by atoms with Crippen LogP contribution in [0.1, 0.15) is 106 Å². The van der Waals surface area contributed by atoms with E-state index in [-0.39, 0.29) is 36.8 Å². The molecule has 340 valence electrons. The van der Waals surface area contributed by atoms with Crippen LogP contribution in [0.4, 0.5) is 0 Å². The van der Waals surface area contributed by atoms with Crippen molar-refractivity contribution in [3.63, 3.8) is 0 Å². The molecule has 6 aliphatic rings. The van der Waals surface area contributed by atoms with Gasteiger partial charge in [0.25, 0.3) is 6.47 Å². The molecular formula is C44H75NO14. The first-order valence-electron chi connectivity index (χ1n) is 21.3. The molecule has 12 atom stereocenters. The normalized spacial score (nSPS) is 37.3. The number of rotatable bonds is 11. The van der Waals surface area contributed by atoms with Gasteiger partial charge in [0.15, 0.2) is 12.6 Å². The molecule has 15 heteroatoms. The molecule has 1 aliphatic carbocycles. The molecule has 15 nitrogen and oxygen atoms in total. The number of methoxy groups -OCH3 is 1. The zero-order valence-electron chi connectivity index (χ0n) is 36.8. The summed E-state index contributed by atoms with van der Waals surface area (Å²) in [6.07, 6.45) is 15.6. The third-order valence-corrected chi connectivity index (χ3v) is 10.7. The molecule has 5 aliphatic heterocycles. The third-order valence-electron chi connectivity index (χ3n) is 10.7. The van der Waals surface area contributed by atoms with Gasteiger partial charge in [0.1, 0.15) is 30.0 Å². The number of nitrogens with one attached hydrogen (secondary N) is 1. The summed E-state index contributed by atoms with van der Waals surface area (Å²) in [4.78, 5) is 16.6. The summed E-state index contributed by atoms with van der Waals surface area (Å²) in [7, 11) is 2.59. The van der Waals surface area contributed by atoms with Crippen molar-refractivity contribution >= 4 is 6.47 Å². The number of carbonyl (C=O) groups excluding carboxylic acids is 1. The first-order chi connectivity index (χ1) is 28.4. The van der Waals surface area contributed by atoms with Crippen LogP contribution < -0.4 is 5.48 Å². The molecule has 4 saturated heterocycles. The van der Waals surface area contributed by atoms with E-state index in [9.17, 15) is 25.2 Å². The third kappa shape index (κ3) is 15.8. The van der Waals surface area contributed by atoms with Crippen molar-refractivity contribution < 1.29 is 68.3 Å². The number of allylic oxidation sites excluding steroid dienone is 4. The molecule has 0 aromatic carbocycles. The minimum Gasteiger partial charge on any atom is -0.464 e. The predicted molar refractivity (Wildman–Crippen MR) is 223 cm³/mol. The summed E-state index contributed by atoms with van der Waals surface area (Å²) in [5.41, 5.74) is 4.62. The summed E-state index contributed by atoms with van der Waals surface area (Å²) in [5, 5.41) is 47.2. The first-order valence-corrected chi connectivity index (χ1v) is 21.3. The fraction of sp³-hybridized carbons (Fsp3) is 0.750. The smallest absolute Gasteiger partial charge is 0.293 e. The van der Waals surface area contributed by atoms with Crippen molar-refractivity contribution in [2.45, 2.75) is 179 Å². The van der Waals surface area contributed by atoms with Crippen molar-refractivity contribution in [2.24, 2.45) is 0 Å². The molecule has 8 unspecified atom stereocenters. The van der Waals surface area contributed by atoms with Crippen molar-refractivity contribution in [3.05, 3.63) is 59.3 Å². The first kappa shape index (κ1) is 52.8. The standard InChI is InChI=1S/C27H37NO7.C12H22O6.2C2H6.CH4O/c1-19(9-10-22-15-23(33-18-29)16-26(34-22)12-6-14-28-35-26)7-4-3-5-8-21-17-32-25-24(30)20(2)11-13-27(21,25)31;1-7-12(9(15-2)5-10(14)17-7)18-11-4-3-8(13)6-16-11;3*1-2/h3,5-6,8-9,11-12,18,22-25,28,30-31H,4,7,10,13-17H2,1-2H3;7-14H,3-6H2,1-2H3;2*1-2H3;2H,1H3/b5-3+,19-9+,21-8+;;;;/t22?,23?,24?,25-,26?,27+;7?,8?,9?,10-,11?,12+;;;/m11.../s1. The molecule has 5 heterocycles. The number of ether oxygens (including phenoxy) is 7. The molecular weight excluding hydrogens is 766 g/mol. The molecule has 0 aromatic rings. The Morgan fingerprint density at radius 1 is 1.08 bits per heavy atom. The van der Waals surface area contributed by atoms with E-state index in [1.54, 1.807) is 7.11 Å². The highest BCUT2D eigenvalue weighted by molar-refractivity contribution is 5.37. The van der Waals surface area contributed by atoms with E-state index in [1.807, 2.05) is 71.9 Å². The Morgan fingerprint density at radius 2 is 1.83 bits per heavy atom. The lowest BCUT2D eigenvalue weighted by Crippen LogP contribution is -2.51. The molecule has 1 spiro atoms. The van der Waals surface area contributed by atoms with Crippen LogP contribution in [0.15, 0.2) is 59.3 Å². The maximum atomic E-state index is 11.0. The van der Waals surface area contributed by atoms with E-state index in [2.05, 4.69) is 24.6 Å². The summed E-state index contributed by atoms with van der Waals surface area (Å²) in [6.45, 7) is 15.5. The number of fused-ring (bicyclic) bond motifs is 1. The lowest BCUT2D eigenvalue weighted by Gasteiger charge is -2.42. The summed E-state index contributed by atoms with van der Waals surface area (Å²) >= 11 is 0. The van der Waals surface area contributed by atoms with E-state index >= 15 is 0 Å². The fourth-order valence-corrected chi connectivity index (χ4v) is 7.62. The Hall–Kier alpha value is -2.35. The Morgan fingerprint density at radius 3 is 2.47 bits per heavy atom. The highest BCUT2D eigenvalue weighted by Gasteiger charge is 2.51. The number of carbonyl (C=O) groups is 1. The van der Waals surface area contributed by atoms with Crippen molar-refractivity contribution in [2.75, 3.05) is 34.0 Å². The average molecular weight is 842 g/mol. The van der Waals surface area contributed by atoms with Crippen LogP contribution in [0, 0.1) is 0 Å². The lowest BCUT2D eigenvalue weighted by molar-refractivity contribution is -0.293. The molecule has 0 radical (unpaired) electrons. The van der Waals surface area contributed by atoms with E-state index in [0.29, 0.717) is 71.2 Å². The fourth-order valence-electron chi connectivity index (χ4n) is 7.62. The van der Waals surface area contributed by atoms with Gasteiger partial charge in [-0.1, -0.05) is 69.7 Å². The SMILES string of the molecule is CC.CC.CC1=CC[C@]2(O)/C(=C/C=C/CC/C(C)=C/CC3CC(OC=O)CC4(C=CCNO4)O3)CO[C@@H]2C1O.CO.COC1C[C@H](O)OC(C)[C@@H]1OC1CCC(O)CO1. The summed E-state index contributed by atoms with van der Waals surface area (Å²) in [6, 6.07) is 0. The largest absolute Gasteiger partial charge is 0.464 e. The minimum atomic E-state index is -1.13. The van der Waals surface area contributed by atoms with Gasteiger partial charge in [-0.25, -0.2) is 0 Å². The highest BCUT2D eigenvalue weighted by atomic mass is 16.8. The Bertz CT molecular complexity index is 1350. The second-order valence-electron chi connectivity index (χ2n) is 14.8. The van der Waals surface area contributed by atoms with Crippen LogP contribution in [0.2, 0.25) is 0 Å². The van der Waals surface area contributed by atoms with Crippen molar-refractivity contribution in [1.29, 1.82) is 0 Å². The molecule has 59 heavy (non-hydrogen) atoms. The Balaban J connectivity index is 0.000000420. The van der Waals surface area contributed by atoms with Gasteiger partial charge in [0.2, 0.25) is 5.79 Å². The maximum Gasteiger partial charge on any atom is 0.293 e. The number of aliphatic hydroxyl groups excluding tert-OH is 4. The maximum absolute atomic E-state index is 11.0. The Labute approximate surface area is 352 Å². The van der Waals surface area contributed by atoms with Gasteiger partial charge in [0.05, 0.1) is 37.6 Å². The van der Waals surface area contributed by atoms with Crippen LogP contribution in [-0.4, -0.2) is 139 Å². The summed E-state index contributed by atoms with van der Waals surface area (Å²) in [5.74, 6) is -0.900. The van der Waals surface area contributed by atoms with E-state index < -0.39 is 36.0 Å². The van der Waals surface area contributed by atoms with Gasteiger partial charge < -0.3 is 58.7 Å². The number of hydroxylamine groups is 1. The number of hydrogen-bond acceptors (Lipinski definition) is 15. The van der Waals surface area contributed by atoms with Gasteiger partial charge in [-0.3, -0.25) is 9.63 Å². The van der Waals surface area contributed by atoms with Gasteiger partial charge in [-0.2, -0.15) is 5.48 Å². The molecule has 0 amide bonds. The van der Waals surface area contributed by atoms with E-state index in [1.165, 1.54) is 5.57 Å². The molecule has 6 N–H and O–H groups in total. The minimum absolute atomic E-state index is 0.118. The van der Waals surface area contributed by atoms with Crippen molar-refractivity contribution in [3.8, 4) is 0 Å². The number of aliphatic hydroxyl groups is 5. The lowest BCUT2D eigenvalue weighted by atomic mass is 9.78. The van der Waals surface area contributed by atoms with Gasteiger partial charge in [-0.05, 0) is 63.7 Å². The van der Waals surface area contributed by atoms with Crippen LogP contribution >= 0.6 is 0 Å². The second-order valence-corrected chi connectivity index (χ2v) is 14.8. The second kappa shape index (κ2) is 27.6. The van der Waals surface area contributed by atoms with Crippen LogP contribution in [0.5, 0.6) is 0 Å². The monoisotopic (exact) mass is 842 g/mol. The molecule has 4 fully saturated rings. The molecule has 0 bridgehead atoms. The van der Waals surface area contributed by atoms with E-state index in [0.717, 1.165) is 31.1 Å². The van der Waals surface area contributed by atoms with Gasteiger partial charge in [-0.15, -0.1) is 0 Å². The topological polar surface area (TPSA) is 204 Å². The van der Waals surface area contributed by atoms with Gasteiger partial charge >= 0.3 is 0 Å². The zero-order chi connectivity index (χ0) is 44.0. The summed E-state index contributed by atoms with van der Waals surface area (Å²) < 4.78 is 39.1. The zero-order valence-corrected chi connectivity index (χ0v) is 36.8.